The maximum Gasteiger partial charge on any atom is 0.348 e. The van der Waals surface area contributed by atoms with Crippen molar-refractivity contribution in [2.75, 3.05) is 17.8 Å². The summed E-state index contributed by atoms with van der Waals surface area (Å²) in [6, 6.07) is 1.44. The number of aromatic carboxylic acids is 1. The van der Waals surface area contributed by atoms with Gasteiger partial charge in [0.25, 0.3) is 0 Å². The van der Waals surface area contributed by atoms with Gasteiger partial charge < -0.3 is 9.84 Å². The summed E-state index contributed by atoms with van der Waals surface area (Å²) in [4.78, 5) is 11.0. The monoisotopic (exact) mass is 320 g/mol. The molecular formula is C11H16N2O5S2. The minimum Gasteiger partial charge on any atom is -0.477 e. The number of nitrogens with one attached hydrogen (secondary N) is 1. The first-order chi connectivity index (χ1) is 9.29. The lowest BCUT2D eigenvalue weighted by Crippen LogP contribution is -2.49. The molecule has 9 heteroatoms. The molecule has 2 N–H and O–H groups in total. The molecule has 1 aromatic heterocycles. The summed E-state index contributed by atoms with van der Waals surface area (Å²) in [5.74, 6) is -1.15. The Bertz CT molecular complexity index is 588. The molecule has 112 valence electrons. The van der Waals surface area contributed by atoms with Gasteiger partial charge in [-0.3, -0.25) is 4.72 Å². The Morgan fingerprint density at radius 1 is 1.45 bits per heavy atom. The molecule has 20 heavy (non-hydrogen) atoms. The van der Waals surface area contributed by atoms with Crippen molar-refractivity contribution in [2.24, 2.45) is 0 Å². The van der Waals surface area contributed by atoms with Crippen molar-refractivity contribution in [2.45, 2.75) is 26.1 Å². The highest BCUT2D eigenvalue weighted by molar-refractivity contribution is 7.90. The molecule has 2 unspecified atom stereocenters. The first-order valence-electron chi connectivity index (χ1n) is 6.03. The molecule has 0 aliphatic carbocycles. The molecule has 1 saturated heterocycles. The van der Waals surface area contributed by atoms with Crippen LogP contribution in [0.4, 0.5) is 5.69 Å². The van der Waals surface area contributed by atoms with Crippen LogP contribution in [-0.4, -0.2) is 49.1 Å². The Labute approximate surface area is 121 Å². The molecule has 2 rings (SSSR count). The highest BCUT2D eigenvalue weighted by Gasteiger charge is 2.31. The fraction of sp³-hybridized carbons (Fsp3) is 0.545. The number of carbonyl (C=O) groups is 1. The second kappa shape index (κ2) is 5.68. The Morgan fingerprint density at radius 3 is 2.60 bits per heavy atom. The predicted octanol–water partition coefficient (Wildman–Crippen LogP) is 1.21. The third-order valence-electron chi connectivity index (χ3n) is 2.82. The molecule has 0 aromatic carbocycles. The van der Waals surface area contributed by atoms with Gasteiger partial charge in [0.15, 0.2) is 0 Å². The van der Waals surface area contributed by atoms with Gasteiger partial charge in [0.2, 0.25) is 0 Å². The molecule has 1 fully saturated rings. The average molecular weight is 320 g/mol. The Morgan fingerprint density at radius 2 is 2.05 bits per heavy atom. The predicted molar refractivity (Wildman–Crippen MR) is 75.4 cm³/mol. The third kappa shape index (κ3) is 3.29. The van der Waals surface area contributed by atoms with Gasteiger partial charge in [0, 0.05) is 13.1 Å². The van der Waals surface area contributed by atoms with Crippen LogP contribution in [0.1, 0.15) is 23.5 Å². The van der Waals surface area contributed by atoms with Crippen LogP contribution in [-0.2, 0) is 14.9 Å². The van der Waals surface area contributed by atoms with Crippen molar-refractivity contribution in [1.29, 1.82) is 0 Å². The molecule has 1 aliphatic heterocycles. The number of ether oxygens (including phenoxy) is 1. The summed E-state index contributed by atoms with van der Waals surface area (Å²) in [7, 11) is -3.78. The van der Waals surface area contributed by atoms with Crippen LogP contribution in [0.2, 0.25) is 0 Å². The van der Waals surface area contributed by atoms with E-state index in [9.17, 15) is 13.2 Å². The van der Waals surface area contributed by atoms with Gasteiger partial charge in [-0.15, -0.1) is 11.3 Å². The van der Waals surface area contributed by atoms with Crippen molar-refractivity contribution in [3.05, 3.63) is 16.3 Å². The zero-order valence-electron chi connectivity index (χ0n) is 11.1. The van der Waals surface area contributed by atoms with E-state index in [1.54, 1.807) is 13.8 Å². The normalized spacial score (nSPS) is 24.5. The number of carboxylic acid groups (broad SMARTS) is 1. The summed E-state index contributed by atoms with van der Waals surface area (Å²) in [5.41, 5.74) is 0.0919. The second-order valence-corrected chi connectivity index (χ2v) is 7.24. The van der Waals surface area contributed by atoms with E-state index in [1.807, 2.05) is 0 Å². The van der Waals surface area contributed by atoms with E-state index < -0.39 is 16.2 Å². The maximum absolute atomic E-state index is 12.3. The molecule has 2 heterocycles. The van der Waals surface area contributed by atoms with Crippen molar-refractivity contribution in [1.82, 2.24) is 4.31 Å². The van der Waals surface area contributed by atoms with Crippen LogP contribution in [0.3, 0.4) is 0 Å². The molecule has 0 spiro atoms. The Balaban J connectivity index is 2.18. The molecule has 7 nitrogen and oxygen atoms in total. The molecule has 0 saturated carbocycles. The molecule has 1 aliphatic rings. The van der Waals surface area contributed by atoms with Crippen LogP contribution in [0.15, 0.2) is 11.4 Å². The lowest BCUT2D eigenvalue weighted by Gasteiger charge is -2.34. The van der Waals surface area contributed by atoms with E-state index >= 15 is 0 Å². The van der Waals surface area contributed by atoms with E-state index in [-0.39, 0.29) is 35.9 Å². The van der Waals surface area contributed by atoms with Gasteiger partial charge in [0.1, 0.15) is 4.88 Å². The first kappa shape index (κ1) is 15.2. The van der Waals surface area contributed by atoms with Crippen molar-refractivity contribution in [3.8, 4) is 0 Å². The van der Waals surface area contributed by atoms with E-state index in [0.29, 0.717) is 0 Å². The number of hydrogen-bond acceptors (Lipinski definition) is 5. The topological polar surface area (TPSA) is 95.9 Å². The molecule has 0 bridgehead atoms. The van der Waals surface area contributed by atoms with Crippen molar-refractivity contribution in [3.63, 3.8) is 0 Å². The van der Waals surface area contributed by atoms with Crippen LogP contribution in [0, 0.1) is 0 Å². The maximum atomic E-state index is 12.3. The number of thiophene rings is 1. The van der Waals surface area contributed by atoms with Crippen LogP contribution < -0.4 is 4.72 Å². The molecular weight excluding hydrogens is 304 g/mol. The highest BCUT2D eigenvalue weighted by atomic mass is 32.2. The number of rotatable bonds is 4. The number of carboxylic acids is 1. The number of anilines is 1. The van der Waals surface area contributed by atoms with Gasteiger partial charge >= 0.3 is 16.2 Å². The lowest BCUT2D eigenvalue weighted by atomic mass is 10.3. The molecule has 1 aromatic rings. The standard InChI is InChI=1S/C11H16N2O5S2/c1-7-5-13(6-8(2)18-7)20(16,17)12-9-3-4-19-10(9)11(14)15/h3-4,7-8,12H,5-6H2,1-2H3,(H,14,15). The van der Waals surface area contributed by atoms with Crippen LogP contribution in [0.25, 0.3) is 0 Å². The summed E-state index contributed by atoms with van der Waals surface area (Å²) >= 11 is 0.976. The zero-order valence-corrected chi connectivity index (χ0v) is 12.7. The van der Waals surface area contributed by atoms with Gasteiger partial charge in [-0.1, -0.05) is 0 Å². The largest absolute Gasteiger partial charge is 0.477 e. The highest BCUT2D eigenvalue weighted by Crippen LogP contribution is 2.25. The first-order valence-corrected chi connectivity index (χ1v) is 8.35. The zero-order chi connectivity index (χ0) is 14.9. The smallest absolute Gasteiger partial charge is 0.348 e. The van der Waals surface area contributed by atoms with Crippen LogP contribution in [0.5, 0.6) is 0 Å². The fourth-order valence-corrected chi connectivity index (χ4v) is 4.23. The van der Waals surface area contributed by atoms with E-state index in [1.165, 1.54) is 15.8 Å². The SMILES string of the molecule is CC1CN(S(=O)(=O)Nc2ccsc2C(=O)O)CC(C)O1. The molecule has 2 atom stereocenters. The van der Waals surface area contributed by atoms with Gasteiger partial charge in [-0.05, 0) is 25.3 Å². The van der Waals surface area contributed by atoms with Gasteiger partial charge in [-0.2, -0.15) is 12.7 Å². The number of morpholine rings is 1. The lowest BCUT2D eigenvalue weighted by molar-refractivity contribution is -0.0439. The van der Waals surface area contributed by atoms with Crippen molar-refractivity contribution >= 4 is 33.2 Å². The minimum absolute atomic E-state index is 0.0251. The quantitative estimate of drug-likeness (QED) is 0.869. The summed E-state index contributed by atoms with van der Waals surface area (Å²) in [5, 5.41) is 10.5. The Hall–Kier alpha value is -1.16. The fourth-order valence-electron chi connectivity index (χ4n) is 2.09. The third-order valence-corrected chi connectivity index (χ3v) is 5.18. The summed E-state index contributed by atoms with van der Waals surface area (Å²) < 4.78 is 33.7. The van der Waals surface area contributed by atoms with E-state index in [4.69, 9.17) is 9.84 Å². The van der Waals surface area contributed by atoms with E-state index in [0.717, 1.165) is 11.3 Å². The number of nitrogens with zero attached hydrogens (tertiary/aromatic N) is 1. The molecule has 0 radical (unpaired) electrons. The van der Waals surface area contributed by atoms with Gasteiger partial charge in [0.05, 0.1) is 17.9 Å². The van der Waals surface area contributed by atoms with Crippen LogP contribution >= 0.6 is 11.3 Å². The second-order valence-electron chi connectivity index (χ2n) is 4.65. The van der Waals surface area contributed by atoms with E-state index in [2.05, 4.69) is 4.72 Å². The summed E-state index contributed by atoms with van der Waals surface area (Å²) in [6.07, 6.45) is -0.395. The summed E-state index contributed by atoms with van der Waals surface area (Å²) in [6.45, 7) is 4.08. The number of hydrogen-bond donors (Lipinski definition) is 2. The molecule has 0 amide bonds. The minimum atomic E-state index is -3.78. The van der Waals surface area contributed by atoms with Gasteiger partial charge in [-0.25, -0.2) is 4.79 Å². The van der Waals surface area contributed by atoms with Crippen molar-refractivity contribution < 1.29 is 23.1 Å². The Kier molecular flexibility index (Phi) is 4.33. The average Bonchev–Trinajstić information content (AvgIpc) is 2.75.